The van der Waals surface area contributed by atoms with Crippen LogP contribution in [-0.4, -0.2) is 33.4 Å². The van der Waals surface area contributed by atoms with E-state index in [1.165, 1.54) is 18.3 Å². The summed E-state index contributed by atoms with van der Waals surface area (Å²) in [4.78, 5) is -0.287. The number of hydrogen-bond acceptors (Lipinski definition) is 6. The second-order valence-electron chi connectivity index (χ2n) is 9.93. The summed E-state index contributed by atoms with van der Waals surface area (Å²) in [6.07, 6.45) is 3.29. The zero-order chi connectivity index (χ0) is 30.1. The van der Waals surface area contributed by atoms with Gasteiger partial charge in [-0.05, 0) is 59.0 Å². The topological polar surface area (TPSA) is 143 Å². The molecule has 0 atom stereocenters. The quantitative estimate of drug-likeness (QED) is 0.134. The van der Waals surface area contributed by atoms with E-state index in [0.717, 1.165) is 5.56 Å². The number of pyridine rings is 2. The van der Waals surface area contributed by atoms with Gasteiger partial charge in [0, 0.05) is 35.4 Å². The normalized spacial score (nSPS) is 12.9. The van der Waals surface area contributed by atoms with E-state index in [4.69, 9.17) is 0 Å². The van der Waals surface area contributed by atoms with Gasteiger partial charge in [0.2, 0.25) is 0 Å². The summed E-state index contributed by atoms with van der Waals surface area (Å²) in [5.41, 5.74) is 3.86. The van der Waals surface area contributed by atoms with E-state index in [9.17, 15) is 33.4 Å². The van der Waals surface area contributed by atoms with E-state index in [1.54, 1.807) is 51.7 Å². The molecule has 0 bridgehead atoms. The molecule has 10 heteroatoms. The molecule has 0 spiro atoms. The van der Waals surface area contributed by atoms with Crippen molar-refractivity contribution < 1.29 is 42.5 Å². The highest BCUT2D eigenvalue weighted by atomic mass is 32.2. The van der Waals surface area contributed by atoms with Crippen molar-refractivity contribution in [1.82, 2.24) is 0 Å². The molecule has 42 heavy (non-hydrogen) atoms. The smallest absolute Gasteiger partial charge is 0.392 e. The number of hydrogen-bond donors (Lipinski definition) is 5. The third-order valence-electron chi connectivity index (χ3n) is 6.89. The molecule has 0 fully saturated rings. The minimum Gasteiger partial charge on any atom is -0.392 e. The maximum Gasteiger partial charge on any atom is 0.492 e. The Morgan fingerprint density at radius 1 is 0.667 bits per heavy atom. The van der Waals surface area contributed by atoms with Crippen molar-refractivity contribution in [2.75, 3.05) is 0 Å². The molecule has 2 aromatic heterocycles. The number of aliphatic hydroxyl groups is 4. The van der Waals surface area contributed by atoms with Gasteiger partial charge < -0.3 is 20.4 Å². The fraction of sp³-hybridized carbons (Fsp3) is 0.188. The highest BCUT2D eigenvalue weighted by Gasteiger charge is 2.58. The van der Waals surface area contributed by atoms with Gasteiger partial charge in [-0.1, -0.05) is 24.0 Å². The lowest BCUT2D eigenvalue weighted by molar-refractivity contribution is -0.928. The molecule has 2 aromatic carbocycles. The molecule has 5 N–H and O–H groups in total. The molecule has 212 valence electrons. The number of rotatable bonds is 5. The summed E-state index contributed by atoms with van der Waals surface area (Å²) in [7, 11) is -4.51. The van der Waals surface area contributed by atoms with Crippen LogP contribution in [0.1, 0.15) is 38.9 Å². The van der Waals surface area contributed by atoms with Crippen LogP contribution in [0.3, 0.4) is 0 Å². The van der Waals surface area contributed by atoms with Crippen LogP contribution in [0.5, 0.6) is 0 Å². The van der Waals surface area contributed by atoms with Crippen LogP contribution in [0.4, 0.5) is 0 Å². The number of benzene rings is 2. The maximum absolute atomic E-state index is 12.0. The molecule has 5 rings (SSSR count). The predicted octanol–water partition coefficient (Wildman–Crippen LogP) is 1.07. The van der Waals surface area contributed by atoms with E-state index in [0.29, 0.717) is 44.8 Å². The number of aliphatic hydroxyl groups excluding tert-OH is 4. The van der Waals surface area contributed by atoms with Crippen LogP contribution in [0.25, 0.3) is 11.4 Å². The Bertz CT molecular complexity index is 1830. The van der Waals surface area contributed by atoms with Crippen molar-refractivity contribution in [3.8, 4) is 35.1 Å². The van der Waals surface area contributed by atoms with Gasteiger partial charge in [-0.15, -0.1) is 9.13 Å². The van der Waals surface area contributed by atoms with E-state index < -0.39 is 15.8 Å². The first-order valence-corrected chi connectivity index (χ1v) is 14.4. The molecule has 3 heterocycles. The van der Waals surface area contributed by atoms with Crippen molar-refractivity contribution >= 4 is 10.1 Å². The zero-order valence-electron chi connectivity index (χ0n) is 22.6. The molecule has 0 saturated carbocycles. The summed E-state index contributed by atoms with van der Waals surface area (Å²) in [5.74, 6) is 12.8. The van der Waals surface area contributed by atoms with Gasteiger partial charge in [-0.2, -0.15) is 8.42 Å². The molecule has 9 nitrogen and oxygen atoms in total. The van der Waals surface area contributed by atoms with Crippen LogP contribution in [-0.2, 0) is 42.2 Å². The average Bonchev–Trinajstić information content (AvgIpc) is 3.26. The Balaban J connectivity index is 1.83. The maximum atomic E-state index is 12.0. The van der Waals surface area contributed by atoms with Crippen molar-refractivity contribution in [3.63, 3.8) is 0 Å². The summed E-state index contributed by atoms with van der Waals surface area (Å²) < 4.78 is 37.4. The van der Waals surface area contributed by atoms with Crippen LogP contribution < -0.4 is 9.13 Å². The third-order valence-corrected chi connectivity index (χ3v) is 7.74. The number of aromatic nitrogens is 2. The molecule has 0 aliphatic carbocycles. The molecule has 0 amide bonds. The van der Waals surface area contributed by atoms with Gasteiger partial charge in [0.1, 0.15) is 4.90 Å². The highest BCUT2D eigenvalue weighted by Crippen LogP contribution is 2.26. The van der Waals surface area contributed by atoms with Crippen LogP contribution in [0.15, 0.2) is 78.0 Å². The lowest BCUT2D eigenvalue weighted by Gasteiger charge is -2.08. The molecule has 0 saturated heterocycles. The monoisotopic (exact) mass is 584 g/mol. The fourth-order valence-electron chi connectivity index (χ4n) is 4.95. The molecule has 0 unspecified atom stereocenters. The van der Waals surface area contributed by atoms with Gasteiger partial charge in [-0.25, -0.2) is 0 Å². The fourth-order valence-corrected chi connectivity index (χ4v) is 5.44. The molecule has 1 aliphatic rings. The first kappa shape index (κ1) is 29.1. The van der Waals surface area contributed by atoms with Crippen LogP contribution in [0.2, 0.25) is 0 Å². The van der Waals surface area contributed by atoms with Gasteiger partial charge >= 0.3 is 5.66 Å². The summed E-state index contributed by atoms with van der Waals surface area (Å²) >= 11 is 0. The Kier molecular flexibility index (Phi) is 7.95. The van der Waals surface area contributed by atoms with E-state index in [2.05, 4.69) is 23.7 Å². The van der Waals surface area contributed by atoms with Gasteiger partial charge in [0.15, 0.2) is 12.4 Å². The second kappa shape index (κ2) is 11.5. The van der Waals surface area contributed by atoms with Crippen LogP contribution in [0, 0.1) is 30.6 Å². The van der Waals surface area contributed by atoms with Gasteiger partial charge in [-0.3, -0.25) is 4.55 Å². The minimum atomic E-state index is -4.51. The van der Waals surface area contributed by atoms with Crippen molar-refractivity contribution in [2.24, 2.45) is 0 Å². The summed E-state index contributed by atoms with van der Waals surface area (Å²) in [5, 5.41) is 38.9. The molecular weight excluding hydrogens is 556 g/mol. The number of fused-ring (bicyclic) bond motifs is 3. The van der Waals surface area contributed by atoms with E-state index in [1.807, 2.05) is 19.1 Å². The third kappa shape index (κ3) is 5.56. The lowest BCUT2D eigenvalue weighted by Crippen LogP contribution is -2.68. The predicted molar refractivity (Wildman–Crippen MR) is 151 cm³/mol. The molecule has 4 aromatic rings. The van der Waals surface area contributed by atoms with E-state index >= 15 is 0 Å². The number of aryl methyl sites for hydroxylation is 1. The minimum absolute atomic E-state index is 0.241. The van der Waals surface area contributed by atoms with Crippen molar-refractivity contribution in [2.45, 2.75) is 43.9 Å². The van der Waals surface area contributed by atoms with Gasteiger partial charge in [0.05, 0.1) is 38.3 Å². The lowest BCUT2D eigenvalue weighted by atomic mass is 10.0. The molecular formula is C32H28N2O7S+2. The summed E-state index contributed by atoms with van der Waals surface area (Å²) in [6, 6.07) is 16.5. The van der Waals surface area contributed by atoms with E-state index in [-0.39, 0.29) is 31.3 Å². The largest absolute Gasteiger partial charge is 0.492 e. The number of nitrogens with zero attached hydrogens (tertiary/aromatic N) is 2. The Labute approximate surface area is 243 Å². The van der Waals surface area contributed by atoms with Crippen molar-refractivity contribution in [3.05, 3.63) is 112 Å². The standard InChI is InChI=1S/C32H27N2O7S/c1-22-4-8-33-30(10-22)31-17-29(42(39,40)41)5-9-34(31)32(33,6-2-23-11-25(18-35)15-26(12-23)19-36)7-3-24-13-27(20-37)16-28(14-24)21-38/h4-5,8-17,35-38H,18-21H2,1H3/q+1/p+1. The SMILES string of the molecule is Cc1cc[n+]2c(c1)-c1cc(S(=O)(=O)O)cc[n+]1C2(C#Cc1cc(CO)cc(CO)c1)C#Cc1cc(CO)cc(CO)c1. The summed E-state index contributed by atoms with van der Waals surface area (Å²) in [6.45, 7) is 0.926. The van der Waals surface area contributed by atoms with Crippen molar-refractivity contribution in [1.29, 1.82) is 0 Å². The highest BCUT2D eigenvalue weighted by molar-refractivity contribution is 7.85. The Hall–Kier alpha value is -4.39. The van der Waals surface area contributed by atoms with Gasteiger partial charge in [0.25, 0.3) is 21.5 Å². The zero-order valence-corrected chi connectivity index (χ0v) is 23.4. The Morgan fingerprint density at radius 2 is 1.10 bits per heavy atom. The molecule has 0 radical (unpaired) electrons. The average molecular weight is 585 g/mol. The first-order chi connectivity index (χ1) is 20.1. The molecule has 1 aliphatic heterocycles. The Morgan fingerprint density at radius 3 is 1.52 bits per heavy atom. The first-order valence-electron chi connectivity index (χ1n) is 12.9. The van der Waals surface area contributed by atoms with Crippen LogP contribution >= 0.6 is 0 Å². The second-order valence-corrected chi connectivity index (χ2v) is 11.4.